The van der Waals surface area contributed by atoms with E-state index in [1.165, 1.54) is 0 Å². The maximum absolute atomic E-state index is 12.7. The lowest BCUT2D eigenvalue weighted by Crippen LogP contribution is -2.53. The van der Waals surface area contributed by atoms with E-state index >= 15 is 0 Å². The van der Waals surface area contributed by atoms with E-state index in [1.54, 1.807) is 4.90 Å². The van der Waals surface area contributed by atoms with Gasteiger partial charge >= 0.3 is 0 Å². The molecule has 6 heteroatoms. The highest BCUT2D eigenvalue weighted by atomic mass is 16.2. The van der Waals surface area contributed by atoms with Crippen LogP contribution in [0.15, 0.2) is 30.3 Å². The second-order valence-corrected chi connectivity index (χ2v) is 7.42. The summed E-state index contributed by atoms with van der Waals surface area (Å²) in [5.74, 6) is 0.184. The smallest absolute Gasteiger partial charge is 0.243 e. The number of hydrogen-bond donors (Lipinski definition) is 1. The number of hydrogen-bond acceptors (Lipinski definition) is 3. The van der Waals surface area contributed by atoms with Crippen LogP contribution in [0, 0.1) is 0 Å². The van der Waals surface area contributed by atoms with E-state index in [0.29, 0.717) is 38.9 Å². The van der Waals surface area contributed by atoms with Crippen molar-refractivity contribution >= 4 is 17.7 Å². The van der Waals surface area contributed by atoms with Crippen LogP contribution in [0.1, 0.15) is 51.0 Å². The lowest BCUT2D eigenvalue weighted by Gasteiger charge is -2.39. The van der Waals surface area contributed by atoms with Crippen molar-refractivity contribution < 1.29 is 14.4 Å². The molecular weight excluding hydrogens is 342 g/mol. The Balaban J connectivity index is 1.56. The van der Waals surface area contributed by atoms with Gasteiger partial charge in [-0.1, -0.05) is 37.3 Å². The van der Waals surface area contributed by atoms with Crippen LogP contribution in [0.5, 0.6) is 0 Å². The van der Waals surface area contributed by atoms with Crippen LogP contribution in [0.4, 0.5) is 0 Å². The van der Waals surface area contributed by atoms with E-state index in [0.717, 1.165) is 24.8 Å². The molecule has 3 amide bonds. The highest BCUT2D eigenvalue weighted by Crippen LogP contribution is 2.27. The molecule has 1 atom stereocenters. The van der Waals surface area contributed by atoms with Gasteiger partial charge in [0.1, 0.15) is 6.04 Å². The second-order valence-electron chi connectivity index (χ2n) is 7.42. The molecule has 2 fully saturated rings. The summed E-state index contributed by atoms with van der Waals surface area (Å²) >= 11 is 0. The van der Waals surface area contributed by atoms with E-state index in [-0.39, 0.29) is 29.8 Å². The minimum Gasteiger partial charge on any atom is -0.350 e. The lowest BCUT2D eigenvalue weighted by molar-refractivity contribution is -0.140. The first-order valence-electron chi connectivity index (χ1n) is 10.0. The molecule has 2 heterocycles. The van der Waals surface area contributed by atoms with Crippen molar-refractivity contribution in [2.45, 2.75) is 64.1 Å². The summed E-state index contributed by atoms with van der Waals surface area (Å²) in [6.45, 7) is 3.83. The molecule has 2 aliphatic heterocycles. The van der Waals surface area contributed by atoms with E-state index in [9.17, 15) is 14.4 Å². The summed E-state index contributed by atoms with van der Waals surface area (Å²) in [6, 6.07) is 9.45. The van der Waals surface area contributed by atoms with Crippen molar-refractivity contribution in [3.8, 4) is 0 Å². The number of carbonyl (C=O) groups excluding carboxylic acids is 3. The number of carbonyl (C=O) groups is 3. The van der Waals surface area contributed by atoms with Crippen molar-refractivity contribution in [3.05, 3.63) is 35.9 Å². The molecule has 2 aliphatic rings. The number of benzene rings is 1. The molecule has 146 valence electrons. The summed E-state index contributed by atoms with van der Waals surface area (Å²) in [4.78, 5) is 40.9. The van der Waals surface area contributed by atoms with E-state index in [2.05, 4.69) is 5.32 Å². The molecule has 1 aromatic rings. The molecule has 0 spiro atoms. The molecule has 1 aromatic carbocycles. The van der Waals surface area contributed by atoms with E-state index < -0.39 is 0 Å². The van der Waals surface area contributed by atoms with Crippen molar-refractivity contribution in [1.82, 2.24) is 15.1 Å². The first kappa shape index (κ1) is 19.4. The van der Waals surface area contributed by atoms with Crippen LogP contribution < -0.4 is 5.32 Å². The average Bonchev–Trinajstić information content (AvgIpc) is 3.09. The van der Waals surface area contributed by atoms with Gasteiger partial charge in [-0.15, -0.1) is 0 Å². The third kappa shape index (κ3) is 4.67. The summed E-state index contributed by atoms with van der Waals surface area (Å²) in [7, 11) is 0. The number of rotatable bonds is 6. The zero-order valence-corrected chi connectivity index (χ0v) is 16.0. The number of nitrogens with zero attached hydrogens (tertiary/aromatic N) is 2. The third-order valence-electron chi connectivity index (χ3n) is 5.54. The van der Waals surface area contributed by atoms with Gasteiger partial charge in [-0.2, -0.15) is 0 Å². The molecule has 6 nitrogen and oxygen atoms in total. The Morgan fingerprint density at radius 2 is 1.81 bits per heavy atom. The van der Waals surface area contributed by atoms with Gasteiger partial charge in [0.25, 0.3) is 0 Å². The summed E-state index contributed by atoms with van der Waals surface area (Å²) < 4.78 is 0. The summed E-state index contributed by atoms with van der Waals surface area (Å²) in [5, 5.41) is 2.98. The topological polar surface area (TPSA) is 69.7 Å². The Morgan fingerprint density at radius 3 is 2.48 bits per heavy atom. The van der Waals surface area contributed by atoms with Crippen molar-refractivity contribution in [1.29, 1.82) is 0 Å². The van der Waals surface area contributed by atoms with Crippen molar-refractivity contribution in [3.63, 3.8) is 0 Å². The Hall–Kier alpha value is -2.37. The van der Waals surface area contributed by atoms with Crippen molar-refractivity contribution in [2.75, 3.05) is 13.1 Å². The van der Waals surface area contributed by atoms with Gasteiger partial charge in [0.15, 0.2) is 0 Å². The van der Waals surface area contributed by atoms with Gasteiger partial charge in [-0.3, -0.25) is 14.4 Å². The summed E-state index contributed by atoms with van der Waals surface area (Å²) in [6.07, 6.45) is 3.95. The van der Waals surface area contributed by atoms with E-state index in [4.69, 9.17) is 0 Å². The quantitative estimate of drug-likeness (QED) is 0.832. The SMILES string of the molecule is CCCC(=O)N1CCC(N2C(=O)CCC2C(=O)NCc2ccccc2)CC1. The Labute approximate surface area is 160 Å². The predicted molar refractivity (Wildman–Crippen MR) is 103 cm³/mol. The monoisotopic (exact) mass is 371 g/mol. The Morgan fingerprint density at radius 1 is 1.11 bits per heavy atom. The van der Waals surface area contributed by atoms with Crippen LogP contribution in [0.3, 0.4) is 0 Å². The predicted octanol–water partition coefficient (Wildman–Crippen LogP) is 2.08. The fourth-order valence-corrected chi connectivity index (χ4v) is 4.09. The third-order valence-corrected chi connectivity index (χ3v) is 5.54. The highest BCUT2D eigenvalue weighted by molar-refractivity contribution is 5.91. The normalized spacial score (nSPS) is 20.8. The van der Waals surface area contributed by atoms with E-state index in [1.807, 2.05) is 42.2 Å². The van der Waals surface area contributed by atoms with Gasteiger partial charge in [0.2, 0.25) is 17.7 Å². The average molecular weight is 371 g/mol. The molecule has 0 radical (unpaired) electrons. The van der Waals surface area contributed by atoms with Gasteiger partial charge in [0.05, 0.1) is 0 Å². The minimum atomic E-state index is -0.385. The zero-order chi connectivity index (χ0) is 19.2. The van der Waals surface area contributed by atoms with Gasteiger partial charge in [-0.05, 0) is 31.2 Å². The molecule has 27 heavy (non-hydrogen) atoms. The number of amides is 3. The number of likely N-dealkylation sites (tertiary alicyclic amines) is 2. The lowest BCUT2D eigenvalue weighted by atomic mass is 10.0. The zero-order valence-electron chi connectivity index (χ0n) is 16.0. The van der Waals surface area contributed by atoms with Gasteiger partial charge < -0.3 is 15.1 Å². The van der Waals surface area contributed by atoms with Gasteiger partial charge in [-0.25, -0.2) is 0 Å². The molecule has 0 saturated carbocycles. The molecule has 0 aliphatic carbocycles. The first-order valence-corrected chi connectivity index (χ1v) is 10.0. The molecule has 0 aromatic heterocycles. The fraction of sp³-hybridized carbons (Fsp3) is 0.571. The standard InChI is InChI=1S/C21H29N3O3/c1-2-6-19(25)23-13-11-17(12-14-23)24-18(9-10-20(24)26)21(27)22-15-16-7-4-3-5-8-16/h3-5,7-8,17-18H,2,6,9-15H2,1H3,(H,22,27). The Bertz CT molecular complexity index is 669. The maximum Gasteiger partial charge on any atom is 0.243 e. The number of nitrogens with one attached hydrogen (secondary N) is 1. The molecule has 1 unspecified atom stereocenters. The van der Waals surface area contributed by atoms with Crippen LogP contribution >= 0.6 is 0 Å². The molecule has 0 bridgehead atoms. The van der Waals surface area contributed by atoms with Crippen LogP contribution in [-0.2, 0) is 20.9 Å². The van der Waals surface area contributed by atoms with Crippen LogP contribution in [0.25, 0.3) is 0 Å². The number of piperidine rings is 1. The van der Waals surface area contributed by atoms with Crippen LogP contribution in [0.2, 0.25) is 0 Å². The highest BCUT2D eigenvalue weighted by Gasteiger charge is 2.41. The molecule has 3 rings (SSSR count). The minimum absolute atomic E-state index is 0.0538. The second kappa shape index (κ2) is 9.02. The fourth-order valence-electron chi connectivity index (χ4n) is 4.09. The van der Waals surface area contributed by atoms with Crippen LogP contribution in [-0.4, -0.2) is 52.7 Å². The largest absolute Gasteiger partial charge is 0.350 e. The molecular formula is C21H29N3O3. The summed E-state index contributed by atoms with van der Waals surface area (Å²) in [5.41, 5.74) is 1.05. The van der Waals surface area contributed by atoms with Crippen molar-refractivity contribution in [2.24, 2.45) is 0 Å². The molecule has 1 N–H and O–H groups in total. The van der Waals surface area contributed by atoms with Gasteiger partial charge in [0, 0.05) is 38.5 Å². The molecule has 2 saturated heterocycles. The maximum atomic E-state index is 12.7. The Kier molecular flexibility index (Phi) is 6.48. The first-order chi connectivity index (χ1) is 13.1.